The van der Waals surface area contributed by atoms with E-state index in [1.54, 1.807) is 33.1 Å². The van der Waals surface area contributed by atoms with Gasteiger partial charge in [0.1, 0.15) is 16.4 Å². The zero-order valence-electron chi connectivity index (χ0n) is 21.0. The lowest BCUT2D eigenvalue weighted by Gasteiger charge is -2.30. The Morgan fingerprint density at radius 3 is 2.67 bits per heavy atom. The van der Waals surface area contributed by atoms with Crippen LogP contribution in [0.25, 0.3) is 5.69 Å². The minimum Gasteiger partial charge on any atom is -0.383 e. The fourth-order valence-electron chi connectivity index (χ4n) is 5.80. The highest BCUT2D eigenvalue weighted by molar-refractivity contribution is 7.89. The first-order chi connectivity index (χ1) is 17.2. The highest BCUT2D eigenvalue weighted by Gasteiger charge is 2.39. The van der Waals surface area contributed by atoms with Gasteiger partial charge in [0.25, 0.3) is 0 Å². The van der Waals surface area contributed by atoms with Crippen molar-refractivity contribution in [2.75, 3.05) is 26.8 Å². The van der Waals surface area contributed by atoms with E-state index in [2.05, 4.69) is 17.2 Å². The van der Waals surface area contributed by atoms with E-state index in [9.17, 15) is 12.8 Å². The van der Waals surface area contributed by atoms with Crippen molar-refractivity contribution in [1.29, 1.82) is 0 Å². The summed E-state index contributed by atoms with van der Waals surface area (Å²) in [7, 11) is -2.23. The van der Waals surface area contributed by atoms with Gasteiger partial charge in [-0.25, -0.2) is 17.5 Å². The molecule has 0 saturated carbocycles. The number of hydrogen-bond donors (Lipinski definition) is 0. The van der Waals surface area contributed by atoms with Crippen LogP contribution in [0, 0.1) is 25.6 Å². The Kier molecular flexibility index (Phi) is 6.61. The van der Waals surface area contributed by atoms with Gasteiger partial charge in [-0.3, -0.25) is 0 Å². The van der Waals surface area contributed by atoms with Crippen LogP contribution in [0.3, 0.4) is 0 Å². The number of allylic oxidation sites excluding steroid dienone is 1. The lowest BCUT2D eigenvalue weighted by molar-refractivity contribution is 0.175. The number of methoxy groups -OCH3 is 1. The van der Waals surface area contributed by atoms with Gasteiger partial charge in [0.15, 0.2) is 5.76 Å². The van der Waals surface area contributed by atoms with Crippen LogP contribution >= 0.6 is 0 Å². The van der Waals surface area contributed by atoms with Crippen molar-refractivity contribution in [2.24, 2.45) is 5.92 Å². The number of halogens is 1. The van der Waals surface area contributed by atoms with Gasteiger partial charge in [0, 0.05) is 38.1 Å². The Labute approximate surface area is 210 Å². The van der Waals surface area contributed by atoms with Gasteiger partial charge >= 0.3 is 0 Å². The van der Waals surface area contributed by atoms with Crippen molar-refractivity contribution in [2.45, 2.75) is 50.8 Å². The predicted molar refractivity (Wildman–Crippen MR) is 132 cm³/mol. The molecule has 10 heteroatoms. The van der Waals surface area contributed by atoms with E-state index in [-0.39, 0.29) is 29.1 Å². The van der Waals surface area contributed by atoms with Crippen molar-refractivity contribution in [3.63, 3.8) is 0 Å². The van der Waals surface area contributed by atoms with Crippen molar-refractivity contribution < 1.29 is 22.1 Å². The first-order valence-corrected chi connectivity index (χ1v) is 13.6. The van der Waals surface area contributed by atoms with Gasteiger partial charge in [0.2, 0.25) is 10.0 Å². The zero-order valence-corrected chi connectivity index (χ0v) is 21.8. The van der Waals surface area contributed by atoms with Crippen LogP contribution in [0.2, 0.25) is 0 Å². The Hall–Kier alpha value is -2.82. The Morgan fingerprint density at radius 2 is 2.00 bits per heavy atom. The number of nitrogens with zero attached hydrogens (tertiary/aromatic N) is 4. The van der Waals surface area contributed by atoms with Crippen molar-refractivity contribution in [3.05, 3.63) is 70.1 Å². The number of fused-ring (bicyclic) bond motifs is 1. The zero-order chi connectivity index (χ0) is 25.6. The first-order valence-electron chi connectivity index (χ1n) is 12.2. The summed E-state index contributed by atoms with van der Waals surface area (Å²) < 4.78 is 54.6. The molecule has 2 aromatic heterocycles. The average molecular weight is 515 g/mol. The van der Waals surface area contributed by atoms with E-state index in [4.69, 9.17) is 9.26 Å². The normalized spacial score (nSPS) is 19.7. The van der Waals surface area contributed by atoms with Gasteiger partial charge in [-0.1, -0.05) is 23.2 Å². The van der Waals surface area contributed by atoms with E-state index in [0.717, 1.165) is 36.2 Å². The minimum absolute atomic E-state index is 0.101. The summed E-state index contributed by atoms with van der Waals surface area (Å²) in [5.74, 6) is 0.243. The Morgan fingerprint density at radius 1 is 1.25 bits per heavy atom. The Bertz CT molecular complexity index is 1390. The molecule has 1 aromatic carbocycles. The summed E-state index contributed by atoms with van der Waals surface area (Å²) in [6.45, 7) is 6.37. The van der Waals surface area contributed by atoms with E-state index >= 15 is 0 Å². The number of ether oxygens (including phenoxy) is 1. The highest BCUT2D eigenvalue weighted by atomic mass is 32.2. The molecule has 2 aliphatic rings. The molecule has 0 N–H and O–H groups in total. The Balaban J connectivity index is 1.44. The molecule has 2 atom stereocenters. The number of hydrogen-bond acceptors (Lipinski definition) is 6. The minimum atomic E-state index is -3.80. The molecular formula is C26H31FN4O4S. The molecule has 8 nitrogen and oxygen atoms in total. The van der Waals surface area contributed by atoms with Crippen LogP contribution < -0.4 is 0 Å². The molecular weight excluding hydrogens is 483 g/mol. The summed E-state index contributed by atoms with van der Waals surface area (Å²) >= 11 is 0. The maximum absolute atomic E-state index is 13.7. The van der Waals surface area contributed by atoms with E-state index in [1.807, 2.05) is 10.9 Å². The van der Waals surface area contributed by atoms with E-state index < -0.39 is 10.0 Å². The van der Waals surface area contributed by atoms with Gasteiger partial charge in [0.05, 0.1) is 24.2 Å². The van der Waals surface area contributed by atoms with Crippen molar-refractivity contribution >= 4 is 10.0 Å². The van der Waals surface area contributed by atoms with Crippen LogP contribution in [0.4, 0.5) is 4.39 Å². The fourth-order valence-corrected chi connectivity index (χ4v) is 7.56. The largest absolute Gasteiger partial charge is 0.383 e. The quantitative estimate of drug-likeness (QED) is 0.416. The highest BCUT2D eigenvalue weighted by Crippen LogP contribution is 2.47. The van der Waals surface area contributed by atoms with Gasteiger partial charge < -0.3 is 9.26 Å². The molecule has 3 aromatic rings. The maximum Gasteiger partial charge on any atom is 0.248 e. The lowest BCUT2D eigenvalue weighted by Crippen LogP contribution is -2.38. The second-order valence-corrected chi connectivity index (χ2v) is 11.5. The molecule has 0 aliphatic heterocycles. The third kappa shape index (κ3) is 4.21. The summed E-state index contributed by atoms with van der Waals surface area (Å²) in [5.41, 5.74) is 6.13. The molecule has 0 saturated heterocycles. The molecule has 0 spiro atoms. The van der Waals surface area contributed by atoms with Crippen molar-refractivity contribution in [3.8, 4) is 5.69 Å². The number of aromatic nitrogens is 3. The predicted octanol–water partition coefficient (Wildman–Crippen LogP) is 4.32. The van der Waals surface area contributed by atoms with Gasteiger partial charge in [-0.2, -0.15) is 9.40 Å². The molecule has 192 valence electrons. The molecule has 36 heavy (non-hydrogen) atoms. The van der Waals surface area contributed by atoms with E-state index in [1.165, 1.54) is 27.6 Å². The monoisotopic (exact) mass is 514 g/mol. The van der Waals surface area contributed by atoms with Crippen LogP contribution in [0.15, 0.2) is 51.0 Å². The second kappa shape index (κ2) is 9.57. The molecule has 0 fully saturated rings. The average Bonchev–Trinajstić information content (AvgIpc) is 3.54. The standard InChI is InChI=1S/C26H31FN4O4S/c1-16-23-14-28-31(22-9-7-21(27)8-10-22)24(23)13-19-5-6-20(25(16)19)15-30(11-12-34-4)36(32,33)26-17(2)29-35-18(26)3/h7-10,14,16,20H,5-6,11-13,15H2,1-4H3/t16-,20+/m0/s1. The maximum atomic E-state index is 13.7. The number of sulfonamides is 1. The van der Waals surface area contributed by atoms with Crippen molar-refractivity contribution in [1.82, 2.24) is 19.2 Å². The van der Waals surface area contributed by atoms with Crippen LogP contribution in [0.5, 0.6) is 0 Å². The summed E-state index contributed by atoms with van der Waals surface area (Å²) in [5, 5.41) is 8.48. The van der Waals surface area contributed by atoms with Crippen LogP contribution in [-0.4, -0.2) is 54.5 Å². The number of aryl methyl sites for hydroxylation is 2. The molecule has 5 rings (SSSR count). The fraction of sp³-hybridized carbons (Fsp3) is 0.462. The van der Waals surface area contributed by atoms with Gasteiger partial charge in [-0.05, 0) is 56.9 Å². The third-order valence-electron chi connectivity index (χ3n) is 7.46. The SMILES string of the molecule is COCCN(C[C@H]1CCC2=C1[C@@H](C)c1cnn(-c3ccc(F)cc3)c1C2)S(=O)(=O)c1c(C)noc1C. The smallest absolute Gasteiger partial charge is 0.248 e. The topological polar surface area (TPSA) is 90.5 Å². The second-order valence-electron chi connectivity index (χ2n) is 9.64. The molecule has 0 bridgehead atoms. The van der Waals surface area contributed by atoms with E-state index in [0.29, 0.717) is 24.6 Å². The molecule has 2 aliphatic carbocycles. The summed E-state index contributed by atoms with van der Waals surface area (Å²) in [6, 6.07) is 6.36. The number of rotatable bonds is 8. The van der Waals surface area contributed by atoms with Crippen LogP contribution in [0.1, 0.15) is 48.4 Å². The molecule has 0 radical (unpaired) electrons. The van der Waals surface area contributed by atoms with Crippen LogP contribution in [-0.2, 0) is 21.2 Å². The molecule has 0 amide bonds. The lowest BCUT2D eigenvalue weighted by atomic mass is 9.80. The summed E-state index contributed by atoms with van der Waals surface area (Å²) in [4.78, 5) is 0.144. The summed E-state index contributed by atoms with van der Waals surface area (Å²) in [6.07, 6.45) is 4.47. The first kappa shape index (κ1) is 24.9. The third-order valence-corrected chi connectivity index (χ3v) is 9.57. The molecule has 0 unspecified atom stereocenters. The number of benzene rings is 1. The molecule has 2 heterocycles. The van der Waals surface area contributed by atoms with Gasteiger partial charge in [-0.15, -0.1) is 0 Å².